The Labute approximate surface area is 189 Å². The van der Waals surface area contributed by atoms with Crippen molar-refractivity contribution in [2.45, 2.75) is 6.54 Å². The van der Waals surface area contributed by atoms with E-state index in [9.17, 15) is 5.26 Å². The molecule has 0 saturated heterocycles. The van der Waals surface area contributed by atoms with Crippen LogP contribution in [0.5, 0.6) is 0 Å². The molecule has 4 nitrogen and oxygen atoms in total. The van der Waals surface area contributed by atoms with Gasteiger partial charge < -0.3 is 10.2 Å². The molecule has 2 heterocycles. The molecular formula is C23H18Cl2N4S. The molecule has 4 aromatic rings. The highest BCUT2D eigenvalue weighted by Gasteiger charge is 2.15. The van der Waals surface area contributed by atoms with Gasteiger partial charge in [0.05, 0.1) is 32.2 Å². The van der Waals surface area contributed by atoms with Crippen molar-refractivity contribution >= 4 is 56.1 Å². The minimum atomic E-state index is 0.461. The van der Waals surface area contributed by atoms with Gasteiger partial charge in [-0.25, -0.2) is 0 Å². The van der Waals surface area contributed by atoms with Crippen molar-refractivity contribution in [3.05, 3.63) is 75.9 Å². The van der Waals surface area contributed by atoms with E-state index in [1.807, 2.05) is 0 Å². The van der Waals surface area contributed by atoms with Crippen LogP contribution in [0.15, 0.2) is 54.7 Å². The average molecular weight is 453 g/mol. The number of aromatic nitrogens is 1. The van der Waals surface area contributed by atoms with Crippen molar-refractivity contribution in [2.24, 2.45) is 0 Å². The second-order valence-corrected chi connectivity index (χ2v) is 9.06. The number of benzene rings is 2. The van der Waals surface area contributed by atoms with E-state index < -0.39 is 0 Å². The third-order valence-corrected chi connectivity index (χ3v) is 6.33. The fourth-order valence-corrected chi connectivity index (χ4v) is 4.77. The van der Waals surface area contributed by atoms with Gasteiger partial charge in [0.2, 0.25) is 0 Å². The summed E-state index contributed by atoms with van der Waals surface area (Å²) in [5, 5.41) is 14.0. The molecular weight excluding hydrogens is 435 g/mol. The topological polar surface area (TPSA) is 52.0 Å². The zero-order chi connectivity index (χ0) is 21.3. The number of pyridine rings is 1. The Kier molecular flexibility index (Phi) is 5.94. The van der Waals surface area contributed by atoms with Crippen LogP contribution in [0.3, 0.4) is 0 Å². The van der Waals surface area contributed by atoms with Crippen molar-refractivity contribution in [3.8, 4) is 16.5 Å². The molecule has 0 atom stereocenters. The first-order chi connectivity index (χ1) is 14.4. The number of hydrogen-bond donors (Lipinski definition) is 1. The van der Waals surface area contributed by atoms with Gasteiger partial charge in [0, 0.05) is 22.6 Å². The van der Waals surface area contributed by atoms with Gasteiger partial charge in [-0.2, -0.15) is 5.26 Å². The maximum atomic E-state index is 9.61. The maximum absolute atomic E-state index is 9.61. The van der Waals surface area contributed by atoms with Gasteiger partial charge in [-0.3, -0.25) is 4.98 Å². The Balaban J connectivity index is 1.75. The summed E-state index contributed by atoms with van der Waals surface area (Å²) in [7, 11) is 4.11. The zero-order valence-corrected chi connectivity index (χ0v) is 18.7. The maximum Gasteiger partial charge on any atom is 0.103 e. The van der Waals surface area contributed by atoms with Gasteiger partial charge in [0.25, 0.3) is 0 Å². The van der Waals surface area contributed by atoms with Crippen LogP contribution in [0.2, 0.25) is 10.0 Å². The first-order valence-electron chi connectivity index (χ1n) is 9.23. The van der Waals surface area contributed by atoms with E-state index in [1.54, 1.807) is 35.7 Å². The predicted molar refractivity (Wildman–Crippen MR) is 127 cm³/mol. The first-order valence-corrected chi connectivity index (χ1v) is 10.8. The molecule has 0 aliphatic rings. The number of anilines is 2. The van der Waals surface area contributed by atoms with Crippen LogP contribution >= 0.6 is 34.5 Å². The fourth-order valence-electron chi connectivity index (χ4n) is 3.19. The Morgan fingerprint density at radius 3 is 2.53 bits per heavy atom. The average Bonchev–Trinajstić information content (AvgIpc) is 3.15. The lowest BCUT2D eigenvalue weighted by atomic mass is 10.1. The monoisotopic (exact) mass is 452 g/mol. The van der Waals surface area contributed by atoms with Crippen LogP contribution in [0.1, 0.15) is 11.1 Å². The molecule has 2 aromatic carbocycles. The number of nitrogens with one attached hydrogen (secondary N) is 1. The fraction of sp³-hybridized carbons (Fsp3) is 0.130. The Hall–Kier alpha value is -2.62. The molecule has 0 bridgehead atoms. The Morgan fingerprint density at radius 1 is 1.10 bits per heavy atom. The summed E-state index contributed by atoms with van der Waals surface area (Å²) < 4.78 is 0.910. The van der Waals surface area contributed by atoms with E-state index in [-0.39, 0.29) is 0 Å². The summed E-state index contributed by atoms with van der Waals surface area (Å²) in [4.78, 5) is 7.71. The van der Waals surface area contributed by atoms with E-state index in [4.69, 9.17) is 23.2 Å². The van der Waals surface area contributed by atoms with Crippen LogP contribution in [0.25, 0.3) is 20.7 Å². The lowest BCUT2D eigenvalue weighted by Crippen LogP contribution is -2.10. The second kappa shape index (κ2) is 8.63. The first kappa shape index (κ1) is 20.6. The lowest BCUT2D eigenvalue weighted by Gasteiger charge is -2.11. The molecule has 4 rings (SSSR count). The molecule has 0 unspecified atom stereocenters. The van der Waals surface area contributed by atoms with Gasteiger partial charge in [-0.05, 0) is 49.5 Å². The summed E-state index contributed by atoms with van der Waals surface area (Å²) in [5.74, 6) is 0. The zero-order valence-electron chi connectivity index (χ0n) is 16.4. The minimum absolute atomic E-state index is 0.461. The summed E-state index contributed by atoms with van der Waals surface area (Å²) in [6.45, 7) is 0.899. The number of thiophene rings is 1. The summed E-state index contributed by atoms with van der Waals surface area (Å²) in [6.07, 6.45) is 1.59. The van der Waals surface area contributed by atoms with Crippen LogP contribution < -0.4 is 5.32 Å². The molecule has 0 aliphatic heterocycles. The van der Waals surface area contributed by atoms with Gasteiger partial charge in [0.15, 0.2) is 0 Å². The van der Waals surface area contributed by atoms with Gasteiger partial charge in [-0.1, -0.05) is 47.5 Å². The van der Waals surface area contributed by atoms with Crippen LogP contribution in [0, 0.1) is 11.3 Å². The molecule has 0 saturated carbocycles. The molecule has 0 spiro atoms. The molecule has 0 radical (unpaired) electrons. The Morgan fingerprint density at radius 2 is 1.87 bits per heavy atom. The number of nitrogens with zero attached hydrogens (tertiary/aromatic N) is 3. The molecule has 150 valence electrons. The standard InChI is InChI=1S/C23H18Cl2N4S/c1-29(2)13-14-3-5-15(6-4-14)21-10-20-23(30-21)22(16(11-26)12-27-20)28-19-8-7-17(24)9-18(19)25/h3-10,12H,13H2,1-2H3,(H,27,28). The highest BCUT2D eigenvalue weighted by atomic mass is 35.5. The highest BCUT2D eigenvalue weighted by molar-refractivity contribution is 7.22. The van der Waals surface area contributed by atoms with Crippen molar-refractivity contribution in [2.75, 3.05) is 19.4 Å². The second-order valence-electron chi connectivity index (χ2n) is 7.17. The predicted octanol–water partition coefficient (Wildman–Crippen LogP) is 6.95. The van der Waals surface area contributed by atoms with Crippen molar-refractivity contribution in [1.82, 2.24) is 9.88 Å². The molecule has 0 aliphatic carbocycles. The summed E-state index contributed by atoms with van der Waals surface area (Å²) in [6, 6.07) is 18.0. The van der Waals surface area contributed by atoms with Crippen LogP contribution in [-0.4, -0.2) is 24.0 Å². The quantitative estimate of drug-likeness (QED) is 0.355. The van der Waals surface area contributed by atoms with E-state index >= 15 is 0 Å². The summed E-state index contributed by atoms with van der Waals surface area (Å²) in [5.41, 5.74) is 5.06. The van der Waals surface area contributed by atoms with E-state index in [1.165, 1.54) is 5.56 Å². The van der Waals surface area contributed by atoms with Crippen molar-refractivity contribution in [3.63, 3.8) is 0 Å². The van der Waals surface area contributed by atoms with E-state index in [2.05, 4.69) is 65.7 Å². The molecule has 2 aromatic heterocycles. The lowest BCUT2D eigenvalue weighted by molar-refractivity contribution is 0.402. The molecule has 0 amide bonds. The largest absolute Gasteiger partial charge is 0.352 e. The third-order valence-electron chi connectivity index (χ3n) is 4.59. The molecule has 30 heavy (non-hydrogen) atoms. The molecule has 7 heteroatoms. The van der Waals surface area contributed by atoms with Crippen LogP contribution in [-0.2, 0) is 6.54 Å². The van der Waals surface area contributed by atoms with E-state index in [0.717, 1.165) is 27.2 Å². The van der Waals surface area contributed by atoms with Crippen molar-refractivity contribution < 1.29 is 0 Å². The number of rotatable bonds is 5. The van der Waals surface area contributed by atoms with Crippen molar-refractivity contribution in [1.29, 1.82) is 5.26 Å². The highest BCUT2D eigenvalue weighted by Crippen LogP contribution is 2.40. The van der Waals surface area contributed by atoms with E-state index in [0.29, 0.717) is 27.0 Å². The smallest absolute Gasteiger partial charge is 0.103 e. The molecule has 1 N–H and O–H groups in total. The Bertz CT molecular complexity index is 1260. The molecule has 0 fully saturated rings. The van der Waals surface area contributed by atoms with Gasteiger partial charge in [-0.15, -0.1) is 11.3 Å². The van der Waals surface area contributed by atoms with Crippen LogP contribution in [0.4, 0.5) is 11.4 Å². The number of halogens is 2. The summed E-state index contributed by atoms with van der Waals surface area (Å²) >= 11 is 13.9. The third kappa shape index (κ3) is 4.28. The normalized spacial score (nSPS) is 11.1. The van der Waals surface area contributed by atoms with Gasteiger partial charge in [0.1, 0.15) is 6.07 Å². The van der Waals surface area contributed by atoms with Gasteiger partial charge >= 0.3 is 0 Å². The number of hydrogen-bond acceptors (Lipinski definition) is 5. The minimum Gasteiger partial charge on any atom is -0.352 e. The number of nitriles is 1. The number of fused-ring (bicyclic) bond motifs is 1. The SMILES string of the molecule is CN(C)Cc1ccc(-c2cc3ncc(C#N)c(Nc4ccc(Cl)cc4Cl)c3s2)cc1.